The fourth-order valence-electron chi connectivity index (χ4n) is 5.17. The van der Waals surface area contributed by atoms with Crippen molar-refractivity contribution < 1.29 is 27.4 Å². The van der Waals surface area contributed by atoms with Crippen LogP contribution >= 0.6 is 0 Å². The number of aliphatic hydroxyl groups is 1. The first-order valence-corrected chi connectivity index (χ1v) is 12.8. The maximum atomic E-state index is 14.9. The monoisotopic (exact) mass is 512 g/mol. The Morgan fingerprint density at radius 2 is 1.57 bits per heavy atom. The first kappa shape index (κ1) is 26.9. The van der Waals surface area contributed by atoms with Gasteiger partial charge < -0.3 is 9.84 Å². The quantitative estimate of drug-likeness (QED) is 0.233. The standard InChI is InChI=1S/C31H32F4O2/c1-3-18-37-27-17-16-26(30(34)31(27)35)22-7-4-20(5-8-22)6-9-24-14-15-25(29(33)28(24)32)23-12-10-21(11-13-23)19(2)36/h3-5,7-8,14-17,19,21,23,36H,1,6,9-13,18H2,2H3. The maximum Gasteiger partial charge on any atom is 0.201 e. The summed E-state index contributed by atoms with van der Waals surface area (Å²) in [4.78, 5) is 0. The minimum Gasteiger partial charge on any atom is -0.486 e. The Labute approximate surface area is 215 Å². The molecule has 1 saturated carbocycles. The van der Waals surface area contributed by atoms with E-state index in [1.807, 2.05) is 0 Å². The Bertz CT molecular complexity index is 1230. The molecule has 1 aliphatic carbocycles. The molecule has 0 spiro atoms. The molecule has 37 heavy (non-hydrogen) atoms. The molecule has 0 heterocycles. The average Bonchev–Trinajstić information content (AvgIpc) is 2.91. The van der Waals surface area contributed by atoms with Gasteiger partial charge in [0.05, 0.1) is 6.10 Å². The van der Waals surface area contributed by atoms with Gasteiger partial charge in [-0.25, -0.2) is 13.2 Å². The highest BCUT2D eigenvalue weighted by atomic mass is 19.2. The number of aliphatic hydroxyl groups excluding tert-OH is 1. The van der Waals surface area contributed by atoms with Gasteiger partial charge in [0.15, 0.2) is 23.2 Å². The van der Waals surface area contributed by atoms with Crippen molar-refractivity contribution in [3.63, 3.8) is 0 Å². The molecule has 6 heteroatoms. The lowest BCUT2D eigenvalue weighted by atomic mass is 9.76. The summed E-state index contributed by atoms with van der Waals surface area (Å²) < 4.78 is 63.8. The summed E-state index contributed by atoms with van der Waals surface area (Å²) in [6, 6.07) is 13.1. The SMILES string of the molecule is C=CCOc1ccc(-c2ccc(CCc3ccc(C4CCC(C(C)O)CC4)c(F)c3F)cc2)c(F)c1F. The summed E-state index contributed by atoms with van der Waals surface area (Å²) in [7, 11) is 0. The van der Waals surface area contributed by atoms with Gasteiger partial charge in [-0.3, -0.25) is 0 Å². The van der Waals surface area contributed by atoms with Gasteiger partial charge in [-0.05, 0) is 91.7 Å². The van der Waals surface area contributed by atoms with E-state index in [1.165, 1.54) is 18.2 Å². The summed E-state index contributed by atoms with van der Waals surface area (Å²) in [5.74, 6) is -3.60. The van der Waals surface area contributed by atoms with Gasteiger partial charge in [0.2, 0.25) is 5.82 Å². The first-order chi connectivity index (χ1) is 17.8. The van der Waals surface area contributed by atoms with Crippen molar-refractivity contribution in [2.24, 2.45) is 5.92 Å². The molecule has 1 N–H and O–H groups in total. The van der Waals surface area contributed by atoms with Crippen LogP contribution in [-0.2, 0) is 12.8 Å². The highest BCUT2D eigenvalue weighted by molar-refractivity contribution is 5.65. The van der Waals surface area contributed by atoms with E-state index < -0.39 is 23.3 Å². The molecule has 0 bridgehead atoms. The van der Waals surface area contributed by atoms with E-state index in [2.05, 4.69) is 6.58 Å². The van der Waals surface area contributed by atoms with Crippen LogP contribution in [0.1, 0.15) is 55.2 Å². The Balaban J connectivity index is 1.41. The van der Waals surface area contributed by atoms with Crippen molar-refractivity contribution in [1.29, 1.82) is 0 Å². The predicted molar refractivity (Wildman–Crippen MR) is 138 cm³/mol. The minimum absolute atomic E-state index is 0.0288. The van der Waals surface area contributed by atoms with Gasteiger partial charge in [0.25, 0.3) is 0 Å². The van der Waals surface area contributed by atoms with Crippen LogP contribution < -0.4 is 4.74 Å². The summed E-state index contributed by atoms with van der Waals surface area (Å²) in [5.41, 5.74) is 2.22. The Morgan fingerprint density at radius 1 is 0.865 bits per heavy atom. The van der Waals surface area contributed by atoms with Gasteiger partial charge in [-0.1, -0.05) is 49.1 Å². The van der Waals surface area contributed by atoms with Gasteiger partial charge in [-0.2, -0.15) is 4.39 Å². The fourth-order valence-corrected chi connectivity index (χ4v) is 5.17. The molecule has 0 aromatic heterocycles. The van der Waals surface area contributed by atoms with Crippen LogP contribution in [0.25, 0.3) is 11.1 Å². The lowest BCUT2D eigenvalue weighted by molar-refractivity contribution is 0.0963. The zero-order valence-corrected chi connectivity index (χ0v) is 21.0. The first-order valence-electron chi connectivity index (χ1n) is 12.8. The highest BCUT2D eigenvalue weighted by Gasteiger charge is 2.28. The largest absolute Gasteiger partial charge is 0.486 e. The molecule has 3 aromatic rings. The zero-order valence-electron chi connectivity index (χ0n) is 21.0. The van der Waals surface area contributed by atoms with Crippen molar-refractivity contribution in [2.75, 3.05) is 6.61 Å². The molecule has 0 aliphatic heterocycles. The van der Waals surface area contributed by atoms with Crippen LogP contribution in [0.2, 0.25) is 0 Å². The smallest absolute Gasteiger partial charge is 0.201 e. The van der Waals surface area contributed by atoms with E-state index in [0.717, 1.165) is 31.2 Å². The van der Waals surface area contributed by atoms with Crippen LogP contribution in [0.15, 0.2) is 61.2 Å². The summed E-state index contributed by atoms with van der Waals surface area (Å²) in [6.45, 7) is 5.34. The lowest BCUT2D eigenvalue weighted by Gasteiger charge is -2.30. The molecule has 0 amide bonds. The Kier molecular flexibility index (Phi) is 8.70. The number of ether oxygens (including phenoxy) is 1. The Hall–Kier alpha value is -3.12. The van der Waals surface area contributed by atoms with Gasteiger partial charge >= 0.3 is 0 Å². The van der Waals surface area contributed by atoms with Crippen LogP contribution in [0.5, 0.6) is 5.75 Å². The number of halogens is 4. The fraction of sp³-hybridized carbons (Fsp3) is 0.355. The van der Waals surface area contributed by atoms with Gasteiger partial charge in [-0.15, -0.1) is 0 Å². The van der Waals surface area contributed by atoms with Gasteiger partial charge in [0.1, 0.15) is 6.61 Å². The topological polar surface area (TPSA) is 29.5 Å². The number of rotatable bonds is 9. The highest BCUT2D eigenvalue weighted by Crippen LogP contribution is 2.39. The molecule has 4 rings (SSSR count). The van der Waals surface area contributed by atoms with Crippen LogP contribution in [-0.4, -0.2) is 17.8 Å². The molecule has 0 saturated heterocycles. The summed E-state index contributed by atoms with van der Waals surface area (Å²) in [5, 5.41) is 9.78. The van der Waals surface area contributed by atoms with E-state index in [0.29, 0.717) is 29.5 Å². The number of hydrogen-bond donors (Lipinski definition) is 1. The summed E-state index contributed by atoms with van der Waals surface area (Å²) in [6.07, 6.45) is 4.97. The lowest BCUT2D eigenvalue weighted by Crippen LogP contribution is -2.23. The second-order valence-corrected chi connectivity index (χ2v) is 9.83. The van der Waals surface area contributed by atoms with Crippen molar-refractivity contribution >= 4 is 0 Å². The average molecular weight is 513 g/mol. The van der Waals surface area contributed by atoms with Crippen molar-refractivity contribution in [3.05, 3.63) is 101 Å². The number of benzene rings is 3. The molecule has 3 aromatic carbocycles. The van der Waals surface area contributed by atoms with E-state index in [4.69, 9.17) is 4.74 Å². The number of hydrogen-bond acceptors (Lipinski definition) is 2. The minimum atomic E-state index is -1.06. The third-order valence-corrected chi connectivity index (χ3v) is 7.44. The molecular formula is C31H32F4O2. The Morgan fingerprint density at radius 3 is 2.22 bits per heavy atom. The van der Waals surface area contributed by atoms with Crippen LogP contribution in [0.3, 0.4) is 0 Å². The second-order valence-electron chi connectivity index (χ2n) is 9.83. The van der Waals surface area contributed by atoms with E-state index in [9.17, 15) is 22.7 Å². The number of aryl methyl sites for hydroxylation is 2. The summed E-state index contributed by atoms with van der Waals surface area (Å²) >= 11 is 0. The third-order valence-electron chi connectivity index (χ3n) is 7.44. The third kappa shape index (κ3) is 6.07. The van der Waals surface area contributed by atoms with Crippen LogP contribution in [0.4, 0.5) is 17.6 Å². The zero-order chi connectivity index (χ0) is 26.5. The maximum absolute atomic E-state index is 14.9. The molecule has 2 nitrogen and oxygen atoms in total. The molecule has 1 atom stereocenters. The van der Waals surface area contributed by atoms with Gasteiger partial charge in [0, 0.05) is 5.56 Å². The normalized spacial score (nSPS) is 18.4. The second kappa shape index (κ2) is 12.0. The van der Waals surface area contributed by atoms with E-state index in [-0.39, 0.29) is 35.9 Å². The van der Waals surface area contributed by atoms with Crippen molar-refractivity contribution in [1.82, 2.24) is 0 Å². The molecule has 196 valence electrons. The molecule has 1 fully saturated rings. The van der Waals surface area contributed by atoms with Crippen molar-refractivity contribution in [2.45, 2.75) is 57.5 Å². The van der Waals surface area contributed by atoms with E-state index in [1.54, 1.807) is 43.3 Å². The van der Waals surface area contributed by atoms with Crippen LogP contribution in [0, 0.1) is 29.2 Å². The van der Waals surface area contributed by atoms with E-state index >= 15 is 0 Å². The van der Waals surface area contributed by atoms with Crippen molar-refractivity contribution in [3.8, 4) is 16.9 Å². The molecule has 0 radical (unpaired) electrons. The molecule has 1 aliphatic rings. The molecule has 1 unspecified atom stereocenters. The molecular weight excluding hydrogens is 480 g/mol. The predicted octanol–water partition coefficient (Wildman–Crippen LogP) is 7.91.